The smallest absolute Gasteiger partial charge is 0.317 e. The number of fused-ring (bicyclic) bond motifs is 1. The predicted molar refractivity (Wildman–Crippen MR) is 120 cm³/mol. The molecule has 168 valence electrons. The second-order valence-corrected chi connectivity index (χ2v) is 8.44. The van der Waals surface area contributed by atoms with Crippen molar-refractivity contribution in [3.05, 3.63) is 64.6 Å². The van der Waals surface area contributed by atoms with Crippen molar-refractivity contribution in [2.75, 3.05) is 20.1 Å². The Morgan fingerprint density at radius 3 is 2.88 bits per heavy atom. The van der Waals surface area contributed by atoms with Crippen molar-refractivity contribution in [2.24, 2.45) is 0 Å². The van der Waals surface area contributed by atoms with Gasteiger partial charge < -0.3 is 25.2 Å². The van der Waals surface area contributed by atoms with Gasteiger partial charge in [0.25, 0.3) is 5.91 Å². The lowest BCUT2D eigenvalue weighted by atomic mass is 10.0. The summed E-state index contributed by atoms with van der Waals surface area (Å²) in [6.45, 7) is 1.13. The summed E-state index contributed by atoms with van der Waals surface area (Å²) < 4.78 is 14.1. The van der Waals surface area contributed by atoms with Crippen LogP contribution in [0.3, 0.4) is 0 Å². The molecule has 7 nitrogen and oxygen atoms in total. The number of H-pyrrole nitrogens is 1. The number of rotatable bonds is 4. The number of nitrogens with zero attached hydrogens (tertiary/aromatic N) is 2. The van der Waals surface area contributed by atoms with E-state index in [-0.39, 0.29) is 23.4 Å². The molecule has 2 heterocycles. The number of likely N-dealkylation sites (tertiary alicyclic amines) is 1. The lowest BCUT2D eigenvalue weighted by molar-refractivity contribution is 0.0631. The second kappa shape index (κ2) is 9.08. The van der Waals surface area contributed by atoms with Crippen LogP contribution in [0.4, 0.5) is 9.18 Å². The van der Waals surface area contributed by atoms with E-state index in [0.29, 0.717) is 31.1 Å². The van der Waals surface area contributed by atoms with Gasteiger partial charge in [0, 0.05) is 47.8 Å². The second-order valence-electron chi connectivity index (χ2n) is 8.01. The number of phenols is 1. The molecule has 1 saturated heterocycles. The van der Waals surface area contributed by atoms with Crippen molar-refractivity contribution < 1.29 is 19.1 Å². The Labute approximate surface area is 189 Å². The third-order valence-electron chi connectivity index (χ3n) is 5.80. The Hall–Kier alpha value is -3.26. The number of piperidine rings is 1. The number of benzene rings is 2. The van der Waals surface area contributed by atoms with Gasteiger partial charge in [-0.25, -0.2) is 9.18 Å². The summed E-state index contributed by atoms with van der Waals surface area (Å²) >= 11 is 6.02. The zero-order valence-corrected chi connectivity index (χ0v) is 18.3. The molecule has 1 aromatic heterocycles. The van der Waals surface area contributed by atoms with E-state index < -0.39 is 11.7 Å². The molecule has 32 heavy (non-hydrogen) atoms. The molecule has 4 rings (SSSR count). The highest BCUT2D eigenvalue weighted by Crippen LogP contribution is 2.22. The first-order chi connectivity index (χ1) is 15.3. The summed E-state index contributed by atoms with van der Waals surface area (Å²) in [6.07, 6.45) is 1.45. The van der Waals surface area contributed by atoms with Crippen LogP contribution in [-0.2, 0) is 6.54 Å². The standard InChI is InChI=1S/C23H24ClFN4O3/c1-28(23(32)26-12-16-10-14-9-15(24)4-7-21(14)27-16)17-3-2-8-29(13-17)22(31)19-6-5-18(30)11-20(19)25/h4-7,9-11,17,27,30H,2-3,8,12-13H2,1H3,(H,26,32)/t17-/m1/s1. The zero-order chi connectivity index (χ0) is 22.8. The Balaban J connectivity index is 1.36. The normalized spacial score (nSPS) is 16.2. The highest BCUT2D eigenvalue weighted by Gasteiger charge is 2.30. The maximum atomic E-state index is 14.1. The molecule has 0 aliphatic carbocycles. The van der Waals surface area contributed by atoms with E-state index in [1.54, 1.807) is 22.9 Å². The zero-order valence-electron chi connectivity index (χ0n) is 17.6. The van der Waals surface area contributed by atoms with E-state index in [0.717, 1.165) is 29.1 Å². The highest BCUT2D eigenvalue weighted by atomic mass is 35.5. The number of nitrogens with one attached hydrogen (secondary N) is 2. The fourth-order valence-corrected chi connectivity index (χ4v) is 4.20. The number of aromatic hydroxyl groups is 1. The minimum Gasteiger partial charge on any atom is -0.508 e. The number of aromatic nitrogens is 1. The van der Waals surface area contributed by atoms with Gasteiger partial charge in [-0.3, -0.25) is 4.79 Å². The largest absolute Gasteiger partial charge is 0.508 e. The van der Waals surface area contributed by atoms with E-state index in [1.165, 1.54) is 12.1 Å². The van der Waals surface area contributed by atoms with Crippen LogP contribution in [0.1, 0.15) is 28.9 Å². The molecule has 1 fully saturated rings. The van der Waals surface area contributed by atoms with Gasteiger partial charge in [-0.1, -0.05) is 11.6 Å². The van der Waals surface area contributed by atoms with Gasteiger partial charge in [-0.15, -0.1) is 0 Å². The number of carbonyl (C=O) groups is 2. The maximum absolute atomic E-state index is 14.1. The SMILES string of the molecule is CN(C(=O)NCc1cc2cc(Cl)ccc2[nH]1)[C@@H]1CCCN(C(=O)c2ccc(O)cc2F)C1. The Morgan fingerprint density at radius 2 is 2.09 bits per heavy atom. The molecule has 3 aromatic rings. The summed E-state index contributed by atoms with van der Waals surface area (Å²) in [5, 5.41) is 13.9. The van der Waals surface area contributed by atoms with E-state index in [1.807, 2.05) is 18.2 Å². The van der Waals surface area contributed by atoms with Crippen LogP contribution in [0.25, 0.3) is 10.9 Å². The van der Waals surface area contributed by atoms with Crippen LogP contribution in [0.15, 0.2) is 42.5 Å². The van der Waals surface area contributed by atoms with Crippen molar-refractivity contribution in [1.82, 2.24) is 20.1 Å². The van der Waals surface area contributed by atoms with Crippen molar-refractivity contribution >= 4 is 34.4 Å². The van der Waals surface area contributed by atoms with Gasteiger partial charge in [0.1, 0.15) is 11.6 Å². The molecule has 0 bridgehead atoms. The predicted octanol–water partition coefficient (Wildman–Crippen LogP) is 4.11. The van der Waals surface area contributed by atoms with E-state index in [9.17, 15) is 19.1 Å². The van der Waals surface area contributed by atoms with E-state index in [2.05, 4.69) is 10.3 Å². The number of carbonyl (C=O) groups excluding carboxylic acids is 2. The summed E-state index contributed by atoms with van der Waals surface area (Å²) in [4.78, 5) is 31.9. The van der Waals surface area contributed by atoms with Crippen molar-refractivity contribution in [2.45, 2.75) is 25.4 Å². The van der Waals surface area contributed by atoms with Crippen LogP contribution in [0, 0.1) is 5.82 Å². The van der Waals surface area contributed by atoms with Gasteiger partial charge in [-0.05, 0) is 49.2 Å². The lowest BCUT2D eigenvalue weighted by Crippen LogP contribution is -2.52. The van der Waals surface area contributed by atoms with E-state index in [4.69, 9.17) is 11.6 Å². The van der Waals surface area contributed by atoms with Gasteiger partial charge >= 0.3 is 6.03 Å². The first-order valence-corrected chi connectivity index (χ1v) is 10.7. The molecular formula is C23H24ClFN4O3. The molecule has 2 aromatic carbocycles. The number of hydrogen-bond acceptors (Lipinski definition) is 3. The topological polar surface area (TPSA) is 88.7 Å². The quantitative estimate of drug-likeness (QED) is 0.549. The minimum absolute atomic E-state index is 0.0885. The van der Waals surface area contributed by atoms with Gasteiger partial charge in [0.15, 0.2) is 0 Å². The first-order valence-electron chi connectivity index (χ1n) is 10.4. The molecule has 3 N–H and O–H groups in total. The number of phenolic OH excluding ortho intramolecular Hbond substituents is 1. The third kappa shape index (κ3) is 4.65. The van der Waals surface area contributed by atoms with Crippen LogP contribution in [0.2, 0.25) is 5.02 Å². The highest BCUT2D eigenvalue weighted by molar-refractivity contribution is 6.31. The van der Waals surface area contributed by atoms with Crippen LogP contribution in [-0.4, -0.2) is 58.0 Å². The molecule has 1 aliphatic heterocycles. The average molecular weight is 459 g/mol. The molecule has 3 amide bonds. The van der Waals surface area contributed by atoms with E-state index >= 15 is 0 Å². The first kappa shape index (κ1) is 22.0. The van der Waals surface area contributed by atoms with Gasteiger partial charge in [0.05, 0.1) is 18.2 Å². The Bertz CT molecular complexity index is 1170. The number of aromatic amines is 1. The molecule has 0 saturated carbocycles. The number of urea groups is 1. The van der Waals surface area contributed by atoms with Gasteiger partial charge in [0.2, 0.25) is 0 Å². The molecule has 0 radical (unpaired) electrons. The maximum Gasteiger partial charge on any atom is 0.317 e. The minimum atomic E-state index is -0.761. The van der Waals surface area contributed by atoms with Crippen molar-refractivity contribution in [1.29, 1.82) is 0 Å². The molecule has 9 heteroatoms. The Kier molecular flexibility index (Phi) is 6.23. The van der Waals surface area contributed by atoms with Crippen molar-refractivity contribution in [3.8, 4) is 5.75 Å². The number of hydrogen-bond donors (Lipinski definition) is 3. The van der Waals surface area contributed by atoms with Crippen LogP contribution < -0.4 is 5.32 Å². The number of halogens is 2. The Morgan fingerprint density at radius 1 is 1.28 bits per heavy atom. The summed E-state index contributed by atoms with van der Waals surface area (Å²) in [5.41, 5.74) is 1.71. The lowest BCUT2D eigenvalue weighted by Gasteiger charge is -2.37. The number of likely N-dealkylation sites (N-methyl/N-ethyl adjacent to an activating group) is 1. The van der Waals surface area contributed by atoms with Crippen molar-refractivity contribution in [3.63, 3.8) is 0 Å². The molecule has 0 spiro atoms. The monoisotopic (exact) mass is 458 g/mol. The molecule has 1 aliphatic rings. The average Bonchev–Trinajstić information content (AvgIpc) is 3.18. The summed E-state index contributed by atoms with van der Waals surface area (Å²) in [6, 6.07) is 10.5. The summed E-state index contributed by atoms with van der Waals surface area (Å²) in [7, 11) is 1.69. The third-order valence-corrected chi connectivity index (χ3v) is 6.04. The van der Waals surface area contributed by atoms with Crippen LogP contribution >= 0.6 is 11.6 Å². The fraction of sp³-hybridized carbons (Fsp3) is 0.304. The fourth-order valence-electron chi connectivity index (χ4n) is 4.02. The molecular weight excluding hydrogens is 435 g/mol. The molecule has 0 unspecified atom stereocenters. The summed E-state index contributed by atoms with van der Waals surface area (Å²) in [5.74, 6) is -1.44. The van der Waals surface area contributed by atoms with Crippen LogP contribution in [0.5, 0.6) is 5.75 Å². The molecule has 1 atom stereocenters. The number of amides is 3. The van der Waals surface area contributed by atoms with Gasteiger partial charge in [-0.2, -0.15) is 0 Å².